The molecule has 23 heavy (non-hydrogen) atoms. The lowest BCUT2D eigenvalue weighted by molar-refractivity contribution is -0.129. The van der Waals surface area contributed by atoms with Crippen molar-refractivity contribution in [2.75, 3.05) is 0 Å². The second kappa shape index (κ2) is 9.11. The predicted molar refractivity (Wildman–Crippen MR) is 93.4 cm³/mol. The average Bonchev–Trinajstić information content (AvgIpc) is 2.62. The Bertz CT molecular complexity index is 603. The van der Waals surface area contributed by atoms with Crippen LogP contribution in [0.4, 0.5) is 0 Å². The van der Waals surface area contributed by atoms with E-state index in [0.717, 1.165) is 32.1 Å². The maximum absolute atomic E-state index is 10.9. The molecule has 3 heteroatoms. The zero-order valence-corrected chi connectivity index (χ0v) is 13.7. The average molecular weight is 311 g/mol. The number of hydroxylamine groups is 1. The molecule has 0 spiro atoms. The van der Waals surface area contributed by atoms with Gasteiger partial charge in [0, 0.05) is 6.42 Å². The van der Waals surface area contributed by atoms with E-state index in [9.17, 15) is 4.79 Å². The highest BCUT2D eigenvalue weighted by atomic mass is 16.5. The second-order valence-electron chi connectivity index (χ2n) is 5.84. The zero-order chi connectivity index (χ0) is 16.5. The molecule has 0 saturated heterocycles. The lowest BCUT2D eigenvalue weighted by atomic mass is 10.00. The molecule has 1 amide bonds. The Hall–Kier alpha value is -2.13. The summed E-state index contributed by atoms with van der Waals surface area (Å²) in [5.74, 6) is -0.302. The first kappa shape index (κ1) is 17.2. The number of hydrogen-bond donors (Lipinski definition) is 2. The lowest BCUT2D eigenvalue weighted by Gasteiger charge is -2.06. The van der Waals surface area contributed by atoms with E-state index in [1.165, 1.54) is 22.3 Å². The summed E-state index contributed by atoms with van der Waals surface area (Å²) < 4.78 is 0. The number of aryl methyl sites for hydroxylation is 2. The number of nitrogens with one attached hydrogen (secondary N) is 1. The third-order valence-electron chi connectivity index (χ3n) is 4.14. The summed E-state index contributed by atoms with van der Waals surface area (Å²) in [4.78, 5) is 10.9. The van der Waals surface area contributed by atoms with Gasteiger partial charge in [0.25, 0.3) is 0 Å². The molecule has 0 bridgehead atoms. The molecule has 0 saturated carbocycles. The minimum absolute atomic E-state index is 0.302. The maximum atomic E-state index is 10.9. The van der Waals surface area contributed by atoms with E-state index in [1.807, 2.05) is 0 Å². The van der Waals surface area contributed by atoms with Crippen LogP contribution in [0.5, 0.6) is 0 Å². The van der Waals surface area contributed by atoms with Gasteiger partial charge >= 0.3 is 0 Å². The molecular weight excluding hydrogens is 286 g/mol. The molecule has 0 aliphatic heterocycles. The summed E-state index contributed by atoms with van der Waals surface area (Å²) in [6.07, 6.45) is 5.35. The Kier molecular flexibility index (Phi) is 6.82. The Morgan fingerprint density at radius 3 is 1.96 bits per heavy atom. The van der Waals surface area contributed by atoms with Crippen LogP contribution in [-0.2, 0) is 17.6 Å². The molecule has 0 heterocycles. The third-order valence-corrected chi connectivity index (χ3v) is 4.14. The second-order valence-corrected chi connectivity index (χ2v) is 5.84. The van der Waals surface area contributed by atoms with Crippen molar-refractivity contribution >= 4 is 5.91 Å². The van der Waals surface area contributed by atoms with Crippen LogP contribution in [0.1, 0.15) is 43.7 Å². The quantitative estimate of drug-likeness (QED) is 0.428. The lowest BCUT2D eigenvalue weighted by Crippen LogP contribution is -2.17. The van der Waals surface area contributed by atoms with E-state index in [2.05, 4.69) is 55.5 Å². The van der Waals surface area contributed by atoms with E-state index in [4.69, 9.17) is 5.21 Å². The van der Waals surface area contributed by atoms with Gasteiger partial charge < -0.3 is 0 Å². The van der Waals surface area contributed by atoms with E-state index < -0.39 is 0 Å². The first-order chi connectivity index (χ1) is 11.2. The van der Waals surface area contributed by atoms with Gasteiger partial charge in [0.1, 0.15) is 0 Å². The first-order valence-corrected chi connectivity index (χ1v) is 8.34. The van der Waals surface area contributed by atoms with E-state index in [0.29, 0.717) is 6.42 Å². The van der Waals surface area contributed by atoms with Crippen LogP contribution >= 0.6 is 0 Å². The number of hydrogen-bond acceptors (Lipinski definition) is 2. The molecule has 0 atom stereocenters. The Morgan fingerprint density at radius 1 is 0.870 bits per heavy atom. The van der Waals surface area contributed by atoms with Crippen LogP contribution in [0.15, 0.2) is 48.5 Å². The van der Waals surface area contributed by atoms with Crippen molar-refractivity contribution in [1.82, 2.24) is 5.48 Å². The van der Waals surface area contributed by atoms with Crippen LogP contribution in [0.2, 0.25) is 0 Å². The zero-order valence-electron chi connectivity index (χ0n) is 13.7. The van der Waals surface area contributed by atoms with Gasteiger partial charge in [-0.1, -0.05) is 61.9 Å². The molecule has 3 nitrogen and oxygen atoms in total. The summed E-state index contributed by atoms with van der Waals surface area (Å²) >= 11 is 0. The van der Waals surface area contributed by atoms with Crippen molar-refractivity contribution in [2.24, 2.45) is 0 Å². The molecule has 122 valence electrons. The molecule has 0 aliphatic carbocycles. The van der Waals surface area contributed by atoms with Gasteiger partial charge in [0.2, 0.25) is 5.91 Å². The Morgan fingerprint density at radius 2 is 1.43 bits per heavy atom. The molecule has 2 aromatic carbocycles. The normalized spacial score (nSPS) is 10.5. The summed E-state index contributed by atoms with van der Waals surface area (Å²) in [6.45, 7) is 2.17. The standard InChI is InChI=1S/C20H25NO2/c1-2-16-8-12-18(13-9-16)19-14-10-17(11-15-19)6-4-3-5-7-20(22)21-23/h8-15,23H,2-7H2,1H3,(H,21,22). The van der Waals surface area contributed by atoms with Gasteiger partial charge in [-0.2, -0.15) is 0 Å². The van der Waals surface area contributed by atoms with E-state index in [1.54, 1.807) is 5.48 Å². The molecule has 0 aliphatic rings. The van der Waals surface area contributed by atoms with Crippen LogP contribution in [-0.4, -0.2) is 11.1 Å². The molecular formula is C20H25NO2. The Labute approximate surface area is 138 Å². The highest BCUT2D eigenvalue weighted by molar-refractivity contribution is 5.74. The van der Waals surface area contributed by atoms with Crippen molar-refractivity contribution in [3.63, 3.8) is 0 Å². The van der Waals surface area contributed by atoms with E-state index >= 15 is 0 Å². The maximum Gasteiger partial charge on any atom is 0.243 e. The number of carbonyl (C=O) groups is 1. The highest BCUT2D eigenvalue weighted by Gasteiger charge is 2.01. The SMILES string of the molecule is CCc1ccc(-c2ccc(CCCCCC(=O)NO)cc2)cc1. The van der Waals surface area contributed by atoms with Crippen molar-refractivity contribution in [3.05, 3.63) is 59.7 Å². The van der Waals surface area contributed by atoms with Crippen molar-refractivity contribution in [2.45, 2.75) is 45.4 Å². The molecule has 0 aromatic heterocycles. The Balaban J connectivity index is 1.81. The molecule has 2 rings (SSSR count). The summed E-state index contributed by atoms with van der Waals surface area (Å²) in [6, 6.07) is 17.5. The third kappa shape index (κ3) is 5.53. The van der Waals surface area contributed by atoms with Crippen molar-refractivity contribution in [1.29, 1.82) is 0 Å². The van der Waals surface area contributed by atoms with Crippen molar-refractivity contribution in [3.8, 4) is 11.1 Å². The monoisotopic (exact) mass is 311 g/mol. The van der Waals surface area contributed by atoms with Gasteiger partial charge in [0.15, 0.2) is 0 Å². The number of amides is 1. The fourth-order valence-electron chi connectivity index (χ4n) is 2.64. The van der Waals surface area contributed by atoms with Crippen LogP contribution in [0.3, 0.4) is 0 Å². The van der Waals surface area contributed by atoms with Gasteiger partial charge in [0.05, 0.1) is 0 Å². The van der Waals surface area contributed by atoms with Gasteiger partial charge in [-0.3, -0.25) is 10.0 Å². The minimum atomic E-state index is -0.302. The number of rotatable bonds is 8. The topological polar surface area (TPSA) is 49.3 Å². The van der Waals surface area contributed by atoms with Gasteiger partial charge in [-0.05, 0) is 47.9 Å². The van der Waals surface area contributed by atoms with E-state index in [-0.39, 0.29) is 5.91 Å². The summed E-state index contributed by atoms with van der Waals surface area (Å²) in [5.41, 5.74) is 6.85. The number of unbranched alkanes of at least 4 members (excludes halogenated alkanes) is 2. The minimum Gasteiger partial charge on any atom is -0.289 e. The van der Waals surface area contributed by atoms with Crippen LogP contribution < -0.4 is 5.48 Å². The number of benzene rings is 2. The predicted octanol–water partition coefficient (Wildman–Crippen LogP) is 4.52. The van der Waals surface area contributed by atoms with Gasteiger partial charge in [-0.15, -0.1) is 0 Å². The summed E-state index contributed by atoms with van der Waals surface area (Å²) in [7, 11) is 0. The van der Waals surface area contributed by atoms with Crippen LogP contribution in [0.25, 0.3) is 11.1 Å². The fourth-order valence-corrected chi connectivity index (χ4v) is 2.64. The van der Waals surface area contributed by atoms with Crippen molar-refractivity contribution < 1.29 is 10.0 Å². The number of carbonyl (C=O) groups excluding carboxylic acids is 1. The molecule has 0 radical (unpaired) electrons. The highest BCUT2D eigenvalue weighted by Crippen LogP contribution is 2.21. The first-order valence-electron chi connectivity index (χ1n) is 8.34. The molecule has 2 N–H and O–H groups in total. The largest absolute Gasteiger partial charge is 0.289 e. The van der Waals surface area contributed by atoms with Gasteiger partial charge in [-0.25, -0.2) is 5.48 Å². The fraction of sp³-hybridized carbons (Fsp3) is 0.350. The summed E-state index contributed by atoms with van der Waals surface area (Å²) in [5, 5.41) is 8.42. The van der Waals surface area contributed by atoms with Crippen LogP contribution in [0, 0.1) is 0 Å². The molecule has 2 aromatic rings. The molecule has 0 fully saturated rings. The smallest absolute Gasteiger partial charge is 0.243 e. The molecule has 0 unspecified atom stereocenters.